The summed E-state index contributed by atoms with van der Waals surface area (Å²) in [5.41, 5.74) is 5.80. The van der Waals surface area contributed by atoms with E-state index in [1.807, 2.05) is 48.5 Å². The Balaban J connectivity index is 1.26. The van der Waals surface area contributed by atoms with Crippen LogP contribution in [0.15, 0.2) is 115 Å². The summed E-state index contributed by atoms with van der Waals surface area (Å²) in [5, 5.41) is 2.25. The van der Waals surface area contributed by atoms with Gasteiger partial charge < -0.3 is 14.2 Å². The van der Waals surface area contributed by atoms with Crippen molar-refractivity contribution in [2.45, 2.75) is 11.8 Å². The molecule has 2 unspecified atom stereocenters. The van der Waals surface area contributed by atoms with E-state index in [0.29, 0.717) is 0 Å². The Morgan fingerprint density at radius 3 is 2.13 bits per heavy atom. The lowest BCUT2D eigenvalue weighted by Crippen LogP contribution is -2.67. The van der Waals surface area contributed by atoms with Crippen molar-refractivity contribution in [3.63, 3.8) is 0 Å². The van der Waals surface area contributed by atoms with Gasteiger partial charge in [-0.3, -0.25) is 0 Å². The summed E-state index contributed by atoms with van der Waals surface area (Å²) >= 11 is 0. The average Bonchev–Trinajstić information content (AvgIpc) is 3.48. The fourth-order valence-electron chi connectivity index (χ4n) is 6.73. The van der Waals surface area contributed by atoms with Gasteiger partial charge in [-0.2, -0.15) is 0 Å². The Morgan fingerprint density at radius 2 is 1.31 bits per heavy atom. The average molecular weight is 510 g/mol. The van der Waals surface area contributed by atoms with Gasteiger partial charge in [0.15, 0.2) is 13.2 Å². The third-order valence-electron chi connectivity index (χ3n) is 8.30. The molecule has 39 heavy (non-hydrogen) atoms. The minimum Gasteiger partial charge on any atom is -0.456 e. The van der Waals surface area contributed by atoms with Crippen molar-refractivity contribution in [3.05, 3.63) is 132 Å². The number of hydrazone groups is 1. The molecule has 0 saturated heterocycles. The van der Waals surface area contributed by atoms with E-state index in [1.54, 1.807) is 0 Å². The van der Waals surface area contributed by atoms with Crippen LogP contribution in [0.1, 0.15) is 16.7 Å². The molecule has 4 aliphatic heterocycles. The van der Waals surface area contributed by atoms with Gasteiger partial charge in [-0.1, -0.05) is 59.3 Å². The molecule has 2 atom stereocenters. The normalized spacial score (nSPS) is 20.7. The van der Waals surface area contributed by atoms with Crippen molar-refractivity contribution < 1.29 is 23.5 Å². The van der Waals surface area contributed by atoms with E-state index in [0.717, 1.165) is 51.4 Å². The van der Waals surface area contributed by atoms with Gasteiger partial charge in [0.25, 0.3) is 5.54 Å². The van der Waals surface area contributed by atoms with Crippen LogP contribution >= 0.6 is 0 Å². The highest BCUT2D eigenvalue weighted by Gasteiger charge is 2.74. The highest BCUT2D eigenvalue weighted by molar-refractivity contribution is 5.93. The molecule has 186 valence electrons. The number of fused-ring (bicyclic) bond motifs is 3. The SMILES string of the molecule is C[N+]1=C(c2ccc(-c3ccccc3)cc2)OC2N1c1cccc3c1C21c2c(cccc2Oc2cccc[n+]21)O3. The molecule has 0 N–H and O–H groups in total. The molecule has 0 bridgehead atoms. The van der Waals surface area contributed by atoms with E-state index >= 15 is 0 Å². The van der Waals surface area contributed by atoms with Crippen LogP contribution in [0.4, 0.5) is 5.69 Å². The van der Waals surface area contributed by atoms with Gasteiger partial charge in [0.05, 0.1) is 11.6 Å². The molecule has 4 aliphatic rings. The van der Waals surface area contributed by atoms with Crippen molar-refractivity contribution in [2.24, 2.45) is 0 Å². The molecule has 5 heterocycles. The van der Waals surface area contributed by atoms with Crippen LogP contribution in [0.3, 0.4) is 0 Å². The van der Waals surface area contributed by atoms with Crippen molar-refractivity contribution in [1.29, 1.82) is 0 Å². The Kier molecular flexibility index (Phi) is 3.89. The van der Waals surface area contributed by atoms with Crippen LogP contribution < -0.4 is 19.0 Å². The fraction of sp³-hybridized carbons (Fsp3) is 0.0909. The smallest absolute Gasteiger partial charge is 0.401 e. The van der Waals surface area contributed by atoms with Gasteiger partial charge in [-0.25, -0.2) is 0 Å². The molecule has 0 aliphatic carbocycles. The lowest BCUT2D eigenvalue weighted by atomic mass is 9.78. The summed E-state index contributed by atoms with van der Waals surface area (Å²) in [6, 6.07) is 37.3. The van der Waals surface area contributed by atoms with Gasteiger partial charge in [0.1, 0.15) is 34.1 Å². The second-order valence-electron chi connectivity index (χ2n) is 10.2. The molecule has 1 aromatic heterocycles. The standard InChI is InChI=1S/C33H23N3O3/c1-34-31(23-18-16-22(17-19-23)21-9-3-2-4-10-21)39-32-33-29-24(36(32)34)11-7-12-25(29)37-26-13-8-14-27(30(26)33)38-28-15-5-6-20-35(28)33/h2-20,32H,1H3/q+2. The molecule has 5 aromatic rings. The summed E-state index contributed by atoms with van der Waals surface area (Å²) < 4.78 is 24.3. The topological polar surface area (TPSA) is 37.8 Å². The highest BCUT2D eigenvalue weighted by Crippen LogP contribution is 2.62. The predicted molar refractivity (Wildman–Crippen MR) is 145 cm³/mol. The van der Waals surface area contributed by atoms with E-state index in [-0.39, 0.29) is 6.23 Å². The van der Waals surface area contributed by atoms with Crippen LogP contribution in [0.5, 0.6) is 23.1 Å². The number of hydrogen-bond acceptors (Lipinski definition) is 4. The van der Waals surface area contributed by atoms with Crippen molar-refractivity contribution in [3.8, 4) is 34.3 Å². The van der Waals surface area contributed by atoms with Crippen molar-refractivity contribution in [1.82, 2.24) is 0 Å². The van der Waals surface area contributed by atoms with E-state index in [2.05, 4.69) is 88.2 Å². The Labute approximate surface area is 225 Å². The van der Waals surface area contributed by atoms with Crippen LogP contribution in [0, 0.1) is 0 Å². The van der Waals surface area contributed by atoms with Gasteiger partial charge in [0, 0.05) is 6.07 Å². The molecule has 0 saturated carbocycles. The quantitative estimate of drug-likeness (QED) is 0.281. The lowest BCUT2D eigenvalue weighted by molar-refractivity contribution is -0.758. The number of nitrogens with zero attached hydrogens (tertiary/aromatic N) is 3. The zero-order valence-electron chi connectivity index (χ0n) is 21.1. The number of anilines is 1. The third kappa shape index (κ3) is 2.51. The summed E-state index contributed by atoms with van der Waals surface area (Å²) in [4.78, 5) is 0. The molecular formula is C33H23N3O3+2. The molecule has 0 radical (unpaired) electrons. The van der Waals surface area contributed by atoms with E-state index in [9.17, 15) is 0 Å². The molecular weight excluding hydrogens is 486 g/mol. The summed E-state index contributed by atoms with van der Waals surface area (Å²) in [6.07, 6.45) is 1.70. The van der Waals surface area contributed by atoms with Crippen molar-refractivity contribution >= 4 is 11.6 Å². The second-order valence-corrected chi connectivity index (χ2v) is 10.2. The Hall–Kier alpha value is -5.10. The van der Waals surface area contributed by atoms with Crippen LogP contribution in [-0.2, 0) is 10.3 Å². The molecule has 4 aromatic carbocycles. The predicted octanol–water partition coefficient (Wildman–Crippen LogP) is 5.82. The lowest BCUT2D eigenvalue weighted by Gasteiger charge is -2.37. The number of aromatic nitrogens is 1. The van der Waals surface area contributed by atoms with E-state index in [4.69, 9.17) is 14.2 Å². The molecule has 6 heteroatoms. The van der Waals surface area contributed by atoms with Gasteiger partial charge in [-0.15, -0.1) is 9.58 Å². The number of benzene rings is 4. The first-order valence-corrected chi connectivity index (χ1v) is 13.1. The summed E-state index contributed by atoms with van der Waals surface area (Å²) in [7, 11) is 2.07. The zero-order chi connectivity index (χ0) is 25.7. The maximum atomic E-state index is 7.04. The first-order chi connectivity index (χ1) is 19.2. The number of hydrazine groups is 1. The largest absolute Gasteiger partial charge is 0.456 e. The first kappa shape index (κ1) is 20.9. The second kappa shape index (κ2) is 7.26. The summed E-state index contributed by atoms with van der Waals surface area (Å²) in [6.45, 7) is 0. The first-order valence-electron chi connectivity index (χ1n) is 13.1. The van der Waals surface area contributed by atoms with Gasteiger partial charge >= 0.3 is 18.0 Å². The van der Waals surface area contributed by atoms with Crippen molar-refractivity contribution in [2.75, 3.05) is 12.1 Å². The number of pyridine rings is 1. The molecule has 1 spiro atoms. The van der Waals surface area contributed by atoms with Crippen LogP contribution in [-0.4, -0.2) is 23.9 Å². The number of ether oxygens (including phenoxy) is 3. The third-order valence-corrected chi connectivity index (χ3v) is 8.30. The minimum atomic E-state index is -0.703. The minimum absolute atomic E-state index is 0.388. The number of rotatable bonds is 2. The molecule has 6 nitrogen and oxygen atoms in total. The number of hydrogen-bond donors (Lipinski definition) is 0. The molecule has 0 amide bonds. The summed E-state index contributed by atoms with van der Waals surface area (Å²) in [5.74, 6) is 3.97. The fourth-order valence-corrected chi connectivity index (χ4v) is 6.73. The Morgan fingerprint density at radius 1 is 0.641 bits per heavy atom. The molecule has 0 fully saturated rings. The maximum absolute atomic E-state index is 7.04. The van der Waals surface area contributed by atoms with Gasteiger partial charge in [0.2, 0.25) is 0 Å². The monoisotopic (exact) mass is 509 g/mol. The van der Waals surface area contributed by atoms with Crippen LogP contribution in [0.25, 0.3) is 11.1 Å². The maximum Gasteiger partial charge on any atom is 0.401 e. The van der Waals surface area contributed by atoms with Gasteiger partial charge in [-0.05, 0) is 53.6 Å². The zero-order valence-corrected chi connectivity index (χ0v) is 21.1. The molecule has 9 rings (SSSR count). The Bertz CT molecular complexity index is 1850. The highest BCUT2D eigenvalue weighted by atomic mass is 16.5. The van der Waals surface area contributed by atoms with E-state index in [1.165, 1.54) is 11.1 Å². The van der Waals surface area contributed by atoms with E-state index < -0.39 is 5.54 Å². The van der Waals surface area contributed by atoms with Crippen LogP contribution in [0.2, 0.25) is 0 Å².